The molecule has 90 valence electrons. The van der Waals surface area contributed by atoms with Crippen LogP contribution in [0.15, 0.2) is 6.20 Å². The van der Waals surface area contributed by atoms with E-state index in [1.165, 1.54) is 0 Å². The minimum atomic E-state index is -0.497. The molecule has 1 aromatic rings. The first-order valence-electron chi connectivity index (χ1n) is 5.10. The van der Waals surface area contributed by atoms with Gasteiger partial charge < -0.3 is 15.2 Å². The second kappa shape index (κ2) is 5.50. The second-order valence-electron chi connectivity index (χ2n) is 3.44. The fourth-order valence-electron chi connectivity index (χ4n) is 1.31. The number of rotatable bonds is 5. The van der Waals surface area contributed by atoms with Gasteiger partial charge in [0.25, 0.3) is 0 Å². The average Bonchev–Trinajstić information content (AvgIpc) is 2.61. The van der Waals surface area contributed by atoms with Gasteiger partial charge in [0.05, 0.1) is 24.9 Å². The quantitative estimate of drug-likeness (QED) is 0.754. The number of hydrogen-bond donors (Lipinski definition) is 1. The van der Waals surface area contributed by atoms with Gasteiger partial charge in [0.15, 0.2) is 5.69 Å². The summed E-state index contributed by atoms with van der Waals surface area (Å²) >= 11 is 0. The Morgan fingerprint density at radius 2 is 2.38 bits per heavy atom. The molecule has 0 aromatic carbocycles. The maximum atomic E-state index is 11.5. The lowest BCUT2D eigenvalue weighted by molar-refractivity contribution is 0.0518. The number of nitrogens with zero attached hydrogens (tertiary/aromatic N) is 2. The number of anilines is 1. The van der Waals surface area contributed by atoms with Crippen molar-refractivity contribution in [3.63, 3.8) is 0 Å². The SMILES string of the molecule is CCOC(=O)c1nn(C(C)COC)cc1N. The van der Waals surface area contributed by atoms with E-state index in [-0.39, 0.29) is 11.7 Å². The third-order valence-corrected chi connectivity index (χ3v) is 2.09. The summed E-state index contributed by atoms with van der Waals surface area (Å²) in [5.74, 6) is -0.497. The first-order valence-corrected chi connectivity index (χ1v) is 5.10. The molecule has 0 radical (unpaired) electrons. The van der Waals surface area contributed by atoms with Crippen LogP contribution in [-0.4, -0.2) is 36.1 Å². The zero-order valence-electron chi connectivity index (χ0n) is 9.77. The zero-order chi connectivity index (χ0) is 12.1. The molecule has 16 heavy (non-hydrogen) atoms. The summed E-state index contributed by atoms with van der Waals surface area (Å²) in [4.78, 5) is 11.5. The average molecular weight is 227 g/mol. The molecule has 6 heteroatoms. The first-order chi connectivity index (χ1) is 7.60. The minimum absolute atomic E-state index is 0.0236. The molecule has 1 heterocycles. The highest BCUT2D eigenvalue weighted by molar-refractivity contribution is 5.92. The Labute approximate surface area is 94.3 Å². The molecule has 2 N–H and O–H groups in total. The van der Waals surface area contributed by atoms with Crippen LogP contribution in [0.1, 0.15) is 30.4 Å². The molecule has 0 saturated heterocycles. The van der Waals surface area contributed by atoms with Crippen LogP contribution in [0, 0.1) is 0 Å². The largest absolute Gasteiger partial charge is 0.461 e. The molecule has 0 aliphatic carbocycles. The van der Waals surface area contributed by atoms with Crippen molar-refractivity contribution in [2.75, 3.05) is 26.1 Å². The molecule has 1 atom stereocenters. The second-order valence-corrected chi connectivity index (χ2v) is 3.44. The van der Waals surface area contributed by atoms with Gasteiger partial charge in [-0.05, 0) is 13.8 Å². The molecule has 1 aromatic heterocycles. The third-order valence-electron chi connectivity index (χ3n) is 2.09. The Hall–Kier alpha value is -1.56. The highest BCUT2D eigenvalue weighted by Crippen LogP contribution is 2.14. The number of carbonyl (C=O) groups is 1. The summed E-state index contributed by atoms with van der Waals surface area (Å²) in [6.45, 7) is 4.46. The van der Waals surface area contributed by atoms with Crippen molar-refractivity contribution in [3.05, 3.63) is 11.9 Å². The summed E-state index contributed by atoms with van der Waals surface area (Å²) in [5.41, 5.74) is 6.16. The first kappa shape index (κ1) is 12.5. The maximum absolute atomic E-state index is 11.5. The molecule has 1 rings (SSSR count). The fraction of sp³-hybridized carbons (Fsp3) is 0.600. The van der Waals surface area contributed by atoms with E-state index in [0.717, 1.165) is 0 Å². The Morgan fingerprint density at radius 1 is 1.69 bits per heavy atom. The van der Waals surface area contributed by atoms with Crippen molar-refractivity contribution < 1.29 is 14.3 Å². The monoisotopic (exact) mass is 227 g/mol. The van der Waals surface area contributed by atoms with E-state index < -0.39 is 5.97 Å². The van der Waals surface area contributed by atoms with Gasteiger partial charge in [0.2, 0.25) is 0 Å². The normalized spacial score (nSPS) is 12.4. The van der Waals surface area contributed by atoms with E-state index >= 15 is 0 Å². The van der Waals surface area contributed by atoms with Crippen molar-refractivity contribution in [2.24, 2.45) is 0 Å². The number of esters is 1. The van der Waals surface area contributed by atoms with E-state index in [9.17, 15) is 4.79 Å². The van der Waals surface area contributed by atoms with Gasteiger partial charge >= 0.3 is 5.97 Å². The summed E-state index contributed by atoms with van der Waals surface area (Å²) < 4.78 is 11.4. The van der Waals surface area contributed by atoms with Gasteiger partial charge in [-0.15, -0.1) is 0 Å². The summed E-state index contributed by atoms with van der Waals surface area (Å²) in [6.07, 6.45) is 1.61. The predicted molar refractivity (Wildman–Crippen MR) is 59.2 cm³/mol. The molecule has 0 saturated carbocycles. The Morgan fingerprint density at radius 3 is 2.94 bits per heavy atom. The summed E-state index contributed by atoms with van der Waals surface area (Å²) in [6, 6.07) is 0.0236. The molecule has 0 spiro atoms. The van der Waals surface area contributed by atoms with Gasteiger partial charge in [0.1, 0.15) is 0 Å². The lowest BCUT2D eigenvalue weighted by atomic mass is 10.3. The maximum Gasteiger partial charge on any atom is 0.361 e. The van der Waals surface area contributed by atoms with E-state index in [0.29, 0.717) is 18.9 Å². The smallest absolute Gasteiger partial charge is 0.361 e. The van der Waals surface area contributed by atoms with E-state index in [2.05, 4.69) is 5.10 Å². The highest BCUT2D eigenvalue weighted by Gasteiger charge is 2.17. The topological polar surface area (TPSA) is 79.4 Å². The van der Waals surface area contributed by atoms with Crippen molar-refractivity contribution >= 4 is 11.7 Å². The molecule has 6 nitrogen and oxygen atoms in total. The standard InChI is InChI=1S/C10H17N3O3/c1-4-16-10(14)9-8(11)5-13(12-9)7(2)6-15-3/h5,7H,4,6,11H2,1-3H3. The van der Waals surface area contributed by atoms with Crippen LogP contribution < -0.4 is 5.73 Å². The van der Waals surface area contributed by atoms with Crippen LogP contribution in [0.4, 0.5) is 5.69 Å². The van der Waals surface area contributed by atoms with Gasteiger partial charge in [-0.25, -0.2) is 4.79 Å². The molecular weight excluding hydrogens is 210 g/mol. The number of methoxy groups -OCH3 is 1. The van der Waals surface area contributed by atoms with E-state index in [1.54, 1.807) is 24.9 Å². The third kappa shape index (κ3) is 2.73. The lowest BCUT2D eigenvalue weighted by Gasteiger charge is -2.09. The van der Waals surface area contributed by atoms with Gasteiger partial charge in [-0.1, -0.05) is 0 Å². The fourth-order valence-corrected chi connectivity index (χ4v) is 1.31. The number of nitrogen functional groups attached to an aromatic ring is 1. The number of aromatic nitrogens is 2. The Bertz CT molecular complexity index is 362. The highest BCUT2D eigenvalue weighted by atomic mass is 16.5. The number of hydrogen-bond acceptors (Lipinski definition) is 5. The predicted octanol–water partition coefficient (Wildman–Crippen LogP) is 0.849. The van der Waals surface area contributed by atoms with Crippen LogP contribution in [-0.2, 0) is 9.47 Å². The molecule has 0 aliphatic heterocycles. The van der Waals surface area contributed by atoms with Gasteiger partial charge in [0, 0.05) is 13.3 Å². The lowest BCUT2D eigenvalue weighted by Crippen LogP contribution is -2.13. The van der Waals surface area contributed by atoms with Crippen LogP contribution >= 0.6 is 0 Å². The van der Waals surface area contributed by atoms with Crippen LogP contribution in [0.3, 0.4) is 0 Å². The van der Waals surface area contributed by atoms with Crippen LogP contribution in [0.25, 0.3) is 0 Å². The van der Waals surface area contributed by atoms with Crippen molar-refractivity contribution in [1.82, 2.24) is 9.78 Å². The van der Waals surface area contributed by atoms with Crippen LogP contribution in [0.2, 0.25) is 0 Å². The van der Waals surface area contributed by atoms with Crippen molar-refractivity contribution in [3.8, 4) is 0 Å². The Balaban J connectivity index is 2.84. The Kier molecular flexibility index (Phi) is 4.30. The molecule has 0 fully saturated rings. The zero-order valence-corrected chi connectivity index (χ0v) is 9.77. The number of ether oxygens (including phenoxy) is 2. The molecule has 0 amide bonds. The van der Waals surface area contributed by atoms with Crippen molar-refractivity contribution in [2.45, 2.75) is 19.9 Å². The molecule has 0 aliphatic rings. The van der Waals surface area contributed by atoms with E-state index in [1.807, 2.05) is 6.92 Å². The molecule has 1 unspecified atom stereocenters. The number of nitrogens with two attached hydrogens (primary N) is 1. The summed E-state index contributed by atoms with van der Waals surface area (Å²) in [5, 5.41) is 4.08. The van der Waals surface area contributed by atoms with Gasteiger partial charge in [-0.2, -0.15) is 5.10 Å². The number of carbonyl (C=O) groups excluding carboxylic acids is 1. The van der Waals surface area contributed by atoms with Crippen molar-refractivity contribution in [1.29, 1.82) is 0 Å². The molecular formula is C10H17N3O3. The minimum Gasteiger partial charge on any atom is -0.461 e. The van der Waals surface area contributed by atoms with Crippen LogP contribution in [0.5, 0.6) is 0 Å². The van der Waals surface area contributed by atoms with Gasteiger partial charge in [-0.3, -0.25) is 4.68 Å². The molecule has 0 bridgehead atoms. The van der Waals surface area contributed by atoms with E-state index in [4.69, 9.17) is 15.2 Å². The summed E-state index contributed by atoms with van der Waals surface area (Å²) in [7, 11) is 1.61.